The van der Waals surface area contributed by atoms with Crippen LogP contribution in [-0.4, -0.2) is 22.8 Å². The molecule has 1 aliphatic heterocycles. The van der Waals surface area contributed by atoms with Gasteiger partial charge in [-0.15, -0.1) is 0 Å². The molecule has 3 rings (SSSR count). The topological polar surface area (TPSA) is 72.8 Å². The minimum absolute atomic E-state index is 0.225. The summed E-state index contributed by atoms with van der Waals surface area (Å²) in [6.07, 6.45) is 2.52. The molecule has 1 aliphatic carbocycles. The number of carbonyl (C=O) groups excluding carboxylic acids is 2. The van der Waals surface area contributed by atoms with Gasteiger partial charge in [-0.1, -0.05) is 6.42 Å². The van der Waals surface area contributed by atoms with E-state index in [0.717, 1.165) is 13.3 Å². The van der Waals surface area contributed by atoms with Crippen LogP contribution in [0.1, 0.15) is 39.0 Å². The van der Waals surface area contributed by atoms with E-state index in [1.807, 2.05) is 0 Å². The Labute approximate surface area is 144 Å². The van der Waals surface area contributed by atoms with Gasteiger partial charge in [0.1, 0.15) is 5.76 Å². The van der Waals surface area contributed by atoms with E-state index in [1.165, 1.54) is 0 Å². The maximum Gasteiger partial charge on any atom is 0.349 e. The summed E-state index contributed by atoms with van der Waals surface area (Å²) in [4.78, 5) is 24.5. The van der Waals surface area contributed by atoms with Crippen molar-refractivity contribution in [2.45, 2.75) is 44.8 Å². The number of esters is 2. The summed E-state index contributed by atoms with van der Waals surface area (Å²) in [6, 6.07) is 0. The first-order valence-corrected chi connectivity index (χ1v) is 7.91. The van der Waals surface area contributed by atoms with E-state index in [9.17, 15) is 32.3 Å². The highest BCUT2D eigenvalue weighted by Crippen LogP contribution is 2.37. The van der Waals surface area contributed by atoms with Crippen molar-refractivity contribution < 1.29 is 41.7 Å². The second-order valence-corrected chi connectivity index (χ2v) is 6.22. The van der Waals surface area contributed by atoms with E-state index in [-0.39, 0.29) is 12.8 Å². The second kappa shape index (κ2) is 6.30. The lowest BCUT2D eigenvalue weighted by atomic mass is 9.93. The molecule has 1 saturated heterocycles. The van der Waals surface area contributed by atoms with Crippen molar-refractivity contribution in [3.63, 3.8) is 0 Å². The molecule has 1 aromatic carbocycles. The van der Waals surface area contributed by atoms with Gasteiger partial charge in [0, 0.05) is 12.8 Å². The zero-order valence-electron chi connectivity index (χ0n) is 13.6. The number of carbonyl (C=O) groups is 2. The average Bonchev–Trinajstić information content (AvgIpc) is 2.56. The summed E-state index contributed by atoms with van der Waals surface area (Å²) < 4.78 is 66.8. The van der Waals surface area contributed by atoms with E-state index >= 15 is 0 Å². The summed E-state index contributed by atoms with van der Waals surface area (Å²) in [6.45, 7) is 0.823. The molecule has 140 valence electrons. The molecule has 1 N–H and O–H groups in total. The fourth-order valence-corrected chi connectivity index (χ4v) is 3.21. The van der Waals surface area contributed by atoms with Crippen LogP contribution in [0.3, 0.4) is 0 Å². The van der Waals surface area contributed by atoms with Gasteiger partial charge >= 0.3 is 11.9 Å². The molecule has 5 nitrogen and oxygen atoms in total. The third kappa shape index (κ3) is 2.71. The maximum atomic E-state index is 14.3. The summed E-state index contributed by atoms with van der Waals surface area (Å²) >= 11 is 0. The van der Waals surface area contributed by atoms with Gasteiger partial charge in [-0.05, 0) is 19.8 Å². The number of aliphatic hydroxyl groups excluding tert-OH is 1. The highest BCUT2D eigenvalue weighted by atomic mass is 19.2. The lowest BCUT2D eigenvalue weighted by molar-refractivity contribution is -0.240. The van der Waals surface area contributed by atoms with Gasteiger partial charge in [0.2, 0.25) is 0 Å². The largest absolute Gasteiger partial charge is 0.512 e. The molecule has 2 fully saturated rings. The fraction of sp³-hybridized carbons (Fsp3) is 0.412. The first-order valence-electron chi connectivity index (χ1n) is 7.91. The number of hydrogen-bond acceptors (Lipinski definition) is 5. The quantitative estimate of drug-likeness (QED) is 0.426. The highest BCUT2D eigenvalue weighted by Gasteiger charge is 2.47. The predicted octanol–water partition coefficient (Wildman–Crippen LogP) is 1.84. The van der Waals surface area contributed by atoms with Crippen LogP contribution >= 0.6 is 0 Å². The molecule has 1 aromatic rings. The van der Waals surface area contributed by atoms with Crippen LogP contribution in [0.25, 0.3) is 11.3 Å². The zero-order chi connectivity index (χ0) is 19.2. The van der Waals surface area contributed by atoms with Crippen LogP contribution in [-0.2, 0) is 19.1 Å². The minimum atomic E-state index is -2.00. The molecule has 0 atom stereocenters. The highest BCUT2D eigenvalue weighted by molar-refractivity contribution is 6.37. The fourth-order valence-electron chi connectivity index (χ4n) is 3.21. The SMILES string of the molecule is CC(O)=c1c(F)c(F)c(=C2C(=O)OC3(CCCCC3)OC2=O)c(F)c1F. The molecule has 0 amide bonds. The Balaban J connectivity index is 2.26. The van der Waals surface area contributed by atoms with Gasteiger partial charge in [-0.2, -0.15) is 0 Å². The monoisotopic (exact) mass is 374 g/mol. The van der Waals surface area contributed by atoms with Gasteiger partial charge in [-0.3, -0.25) is 0 Å². The van der Waals surface area contributed by atoms with E-state index in [2.05, 4.69) is 0 Å². The molecular formula is C17H14F4O5. The molecule has 0 bridgehead atoms. The minimum Gasteiger partial charge on any atom is -0.512 e. The van der Waals surface area contributed by atoms with Crippen molar-refractivity contribution in [3.8, 4) is 0 Å². The van der Waals surface area contributed by atoms with E-state index < -0.39 is 62.8 Å². The maximum absolute atomic E-state index is 14.3. The van der Waals surface area contributed by atoms with Gasteiger partial charge in [0.15, 0.2) is 28.8 Å². The molecule has 9 heteroatoms. The van der Waals surface area contributed by atoms with E-state index in [4.69, 9.17) is 9.47 Å². The second-order valence-electron chi connectivity index (χ2n) is 6.22. The zero-order valence-corrected chi connectivity index (χ0v) is 13.6. The molecule has 0 radical (unpaired) electrons. The molecule has 1 saturated carbocycles. The summed E-state index contributed by atoms with van der Waals surface area (Å²) in [5, 5.41) is 6.37. The molecule has 0 aromatic heterocycles. The number of halogens is 4. The molecule has 1 heterocycles. The summed E-state index contributed by atoms with van der Waals surface area (Å²) in [7, 11) is 0. The van der Waals surface area contributed by atoms with Crippen molar-refractivity contribution >= 4 is 23.3 Å². The van der Waals surface area contributed by atoms with E-state index in [0.29, 0.717) is 12.8 Å². The third-order valence-corrected chi connectivity index (χ3v) is 4.46. The molecule has 1 spiro atoms. The lowest BCUT2D eigenvalue weighted by Crippen LogP contribution is -2.49. The van der Waals surface area contributed by atoms with Crippen LogP contribution in [0.4, 0.5) is 17.6 Å². The van der Waals surface area contributed by atoms with Crippen LogP contribution in [0.15, 0.2) is 0 Å². The normalized spacial score (nSPS) is 19.3. The number of benzene rings is 1. The standard InChI is InChI=1S/C17H14F4O5/c1-7(22)8-11(18)13(20)9(14(21)12(8)19)10-15(23)25-17(26-16(10)24)5-3-2-4-6-17/h22H,2-6H2,1H3. The third-order valence-electron chi connectivity index (χ3n) is 4.46. The number of ether oxygens (including phenoxy) is 2. The Hall–Kier alpha value is -2.58. The van der Waals surface area contributed by atoms with Crippen LogP contribution in [0.2, 0.25) is 0 Å². The summed E-state index contributed by atoms with van der Waals surface area (Å²) in [5.74, 6) is -13.3. The average molecular weight is 374 g/mol. The van der Waals surface area contributed by atoms with E-state index in [1.54, 1.807) is 0 Å². The number of aliphatic hydroxyl groups is 1. The van der Waals surface area contributed by atoms with Crippen LogP contribution < -0.4 is 10.4 Å². The number of rotatable bonds is 0. The predicted molar refractivity (Wildman–Crippen MR) is 78.6 cm³/mol. The summed E-state index contributed by atoms with van der Waals surface area (Å²) in [5.41, 5.74) is -1.27. The van der Waals surface area contributed by atoms with Crippen molar-refractivity contribution in [2.75, 3.05) is 0 Å². The van der Waals surface area contributed by atoms with Crippen molar-refractivity contribution in [1.29, 1.82) is 0 Å². The first-order chi connectivity index (χ1) is 12.2. The van der Waals surface area contributed by atoms with Crippen molar-refractivity contribution in [3.05, 3.63) is 33.7 Å². The molecule has 2 aliphatic rings. The van der Waals surface area contributed by atoms with Gasteiger partial charge < -0.3 is 14.6 Å². The molecule has 26 heavy (non-hydrogen) atoms. The smallest absolute Gasteiger partial charge is 0.349 e. The van der Waals surface area contributed by atoms with Crippen molar-refractivity contribution in [1.82, 2.24) is 0 Å². The lowest BCUT2D eigenvalue weighted by Gasteiger charge is -2.38. The number of hydrogen-bond donors (Lipinski definition) is 1. The Morgan fingerprint density at radius 1 is 0.885 bits per heavy atom. The first kappa shape index (κ1) is 18.2. The van der Waals surface area contributed by atoms with Crippen LogP contribution in [0, 0.1) is 23.3 Å². The van der Waals surface area contributed by atoms with Gasteiger partial charge in [-0.25, -0.2) is 27.2 Å². The Kier molecular flexibility index (Phi) is 4.41. The molecular weight excluding hydrogens is 360 g/mol. The Bertz CT molecular complexity index is 870. The Morgan fingerprint density at radius 2 is 1.35 bits per heavy atom. The van der Waals surface area contributed by atoms with Gasteiger partial charge in [0.25, 0.3) is 5.79 Å². The molecule has 0 unspecified atom stereocenters. The Morgan fingerprint density at radius 3 is 1.77 bits per heavy atom. The van der Waals surface area contributed by atoms with Gasteiger partial charge in [0.05, 0.1) is 10.4 Å². The van der Waals surface area contributed by atoms with Crippen molar-refractivity contribution in [2.24, 2.45) is 0 Å². The van der Waals surface area contributed by atoms with Crippen LogP contribution in [0.5, 0.6) is 0 Å².